The highest BCUT2D eigenvalue weighted by molar-refractivity contribution is 5.80. The number of nitrogens with one attached hydrogen (secondary N) is 2. The maximum atomic E-state index is 12.5. The zero-order chi connectivity index (χ0) is 22.4. The van der Waals surface area contributed by atoms with Crippen molar-refractivity contribution in [3.05, 3.63) is 23.3 Å². The molecule has 31 heavy (non-hydrogen) atoms. The molecule has 1 aliphatic rings. The molecule has 0 radical (unpaired) electrons. The molecule has 2 N–H and O–H groups in total. The maximum Gasteiger partial charge on any atom is 0.307 e. The average molecular weight is 431 g/mol. The van der Waals surface area contributed by atoms with Gasteiger partial charge in [-0.05, 0) is 51.5 Å². The minimum atomic E-state index is -0.339. The fourth-order valence-corrected chi connectivity index (χ4v) is 4.09. The van der Waals surface area contributed by atoms with Crippen LogP contribution in [-0.2, 0) is 25.5 Å². The SMILES string of the molecule is COC(=O)CCNC(=O)C1CCC(NC(=O)CCc2c(C)nc3ncnn3c2C)CC1. The van der Waals surface area contributed by atoms with Crippen molar-refractivity contribution in [3.8, 4) is 0 Å². The third kappa shape index (κ3) is 5.77. The van der Waals surface area contributed by atoms with Gasteiger partial charge >= 0.3 is 5.97 Å². The molecule has 0 unspecified atom stereocenters. The molecule has 0 aliphatic heterocycles. The first-order valence-corrected chi connectivity index (χ1v) is 10.7. The smallest absolute Gasteiger partial charge is 0.307 e. The fraction of sp³-hybridized carbons (Fsp3) is 0.619. The molecule has 0 saturated heterocycles. The van der Waals surface area contributed by atoms with Crippen molar-refractivity contribution in [2.24, 2.45) is 5.92 Å². The Labute approximate surface area is 181 Å². The Hall–Kier alpha value is -3.04. The second kappa shape index (κ2) is 10.3. The van der Waals surface area contributed by atoms with E-state index < -0.39 is 0 Å². The van der Waals surface area contributed by atoms with Gasteiger partial charge in [0.25, 0.3) is 5.78 Å². The van der Waals surface area contributed by atoms with Crippen LogP contribution in [0.3, 0.4) is 0 Å². The van der Waals surface area contributed by atoms with Crippen molar-refractivity contribution in [2.75, 3.05) is 13.7 Å². The number of hydrogen-bond acceptors (Lipinski definition) is 7. The van der Waals surface area contributed by atoms with Gasteiger partial charge in [-0.25, -0.2) is 9.50 Å². The van der Waals surface area contributed by atoms with Gasteiger partial charge in [0.15, 0.2) is 0 Å². The van der Waals surface area contributed by atoms with Crippen molar-refractivity contribution in [3.63, 3.8) is 0 Å². The summed E-state index contributed by atoms with van der Waals surface area (Å²) in [5.41, 5.74) is 2.83. The van der Waals surface area contributed by atoms with Gasteiger partial charge in [-0.3, -0.25) is 14.4 Å². The van der Waals surface area contributed by atoms with Gasteiger partial charge in [-0.1, -0.05) is 0 Å². The van der Waals surface area contributed by atoms with E-state index in [0.29, 0.717) is 18.6 Å². The summed E-state index contributed by atoms with van der Waals surface area (Å²) in [6.45, 7) is 4.17. The lowest BCUT2D eigenvalue weighted by molar-refractivity contribution is -0.140. The minimum Gasteiger partial charge on any atom is -0.469 e. The third-order valence-corrected chi connectivity index (χ3v) is 5.91. The van der Waals surface area contributed by atoms with E-state index in [1.807, 2.05) is 13.8 Å². The molecule has 0 spiro atoms. The first-order valence-electron chi connectivity index (χ1n) is 10.7. The summed E-state index contributed by atoms with van der Waals surface area (Å²) in [7, 11) is 1.33. The van der Waals surface area contributed by atoms with Gasteiger partial charge in [0.05, 0.1) is 13.5 Å². The largest absolute Gasteiger partial charge is 0.469 e. The summed E-state index contributed by atoms with van der Waals surface area (Å²) in [6.07, 6.45) is 5.59. The van der Waals surface area contributed by atoms with E-state index in [1.165, 1.54) is 13.4 Å². The standard InChI is InChI=1S/C21H30N6O4/c1-13-17(14(2)27-21(25-13)23-12-24-27)8-9-18(28)26-16-6-4-15(5-7-16)20(30)22-11-10-19(29)31-3/h12,15-16H,4-11H2,1-3H3,(H,22,30)(H,26,28). The molecular weight excluding hydrogens is 400 g/mol. The van der Waals surface area contributed by atoms with Gasteiger partial charge in [-0.15, -0.1) is 0 Å². The molecule has 2 heterocycles. The van der Waals surface area contributed by atoms with Crippen LogP contribution in [0.2, 0.25) is 0 Å². The lowest BCUT2D eigenvalue weighted by Crippen LogP contribution is -2.41. The Morgan fingerprint density at radius 3 is 2.61 bits per heavy atom. The van der Waals surface area contributed by atoms with Crippen LogP contribution >= 0.6 is 0 Å². The Kier molecular flexibility index (Phi) is 7.54. The monoisotopic (exact) mass is 430 g/mol. The van der Waals surface area contributed by atoms with Crippen molar-refractivity contribution in [1.82, 2.24) is 30.2 Å². The number of nitrogens with zero attached hydrogens (tertiary/aromatic N) is 4. The first kappa shape index (κ1) is 22.6. The number of aromatic nitrogens is 4. The Balaban J connectivity index is 1.41. The molecule has 168 valence electrons. The lowest BCUT2D eigenvalue weighted by atomic mass is 9.85. The molecule has 2 aromatic heterocycles. The molecular formula is C21H30N6O4. The number of hydrogen-bond donors (Lipinski definition) is 2. The highest BCUT2D eigenvalue weighted by Gasteiger charge is 2.27. The predicted octanol–water partition coefficient (Wildman–Crippen LogP) is 1.03. The number of carbonyl (C=O) groups excluding carboxylic acids is 3. The fourth-order valence-electron chi connectivity index (χ4n) is 4.09. The zero-order valence-corrected chi connectivity index (χ0v) is 18.3. The van der Waals surface area contributed by atoms with Crippen LogP contribution in [0, 0.1) is 19.8 Å². The number of rotatable bonds is 8. The van der Waals surface area contributed by atoms with Crippen molar-refractivity contribution in [1.29, 1.82) is 0 Å². The minimum absolute atomic E-state index is 0.00321. The molecule has 1 aliphatic carbocycles. The lowest BCUT2D eigenvalue weighted by Gasteiger charge is -2.28. The molecule has 3 rings (SSSR count). The zero-order valence-electron chi connectivity index (χ0n) is 18.3. The number of amides is 2. The molecule has 10 nitrogen and oxygen atoms in total. The summed E-state index contributed by atoms with van der Waals surface area (Å²) in [6, 6.07) is 0.0877. The van der Waals surface area contributed by atoms with Gasteiger partial charge in [0.1, 0.15) is 6.33 Å². The van der Waals surface area contributed by atoms with Crippen molar-refractivity contribution in [2.45, 2.75) is 64.8 Å². The molecule has 0 bridgehead atoms. The molecule has 2 amide bonds. The highest BCUT2D eigenvalue weighted by Crippen LogP contribution is 2.24. The Morgan fingerprint density at radius 1 is 1.16 bits per heavy atom. The van der Waals surface area contributed by atoms with E-state index >= 15 is 0 Å². The van der Waals surface area contributed by atoms with E-state index in [2.05, 4.69) is 30.4 Å². The van der Waals surface area contributed by atoms with E-state index in [9.17, 15) is 14.4 Å². The molecule has 2 aromatic rings. The highest BCUT2D eigenvalue weighted by atomic mass is 16.5. The molecule has 0 atom stereocenters. The van der Waals surface area contributed by atoms with Crippen LogP contribution in [0.5, 0.6) is 0 Å². The van der Waals surface area contributed by atoms with E-state index in [1.54, 1.807) is 4.52 Å². The van der Waals surface area contributed by atoms with Crippen LogP contribution in [0.15, 0.2) is 6.33 Å². The number of ether oxygens (including phenoxy) is 1. The second-order valence-corrected chi connectivity index (χ2v) is 7.97. The molecule has 1 fully saturated rings. The van der Waals surface area contributed by atoms with Crippen LogP contribution < -0.4 is 10.6 Å². The maximum absolute atomic E-state index is 12.5. The third-order valence-electron chi connectivity index (χ3n) is 5.91. The summed E-state index contributed by atoms with van der Waals surface area (Å²) in [5.74, 6) is 0.124. The van der Waals surface area contributed by atoms with E-state index in [4.69, 9.17) is 0 Å². The number of aryl methyl sites for hydroxylation is 2. The van der Waals surface area contributed by atoms with E-state index in [0.717, 1.165) is 42.6 Å². The number of carbonyl (C=O) groups is 3. The second-order valence-electron chi connectivity index (χ2n) is 7.97. The Bertz CT molecular complexity index is 949. The van der Waals surface area contributed by atoms with Gasteiger partial charge in [0, 0.05) is 36.3 Å². The van der Waals surface area contributed by atoms with Crippen LogP contribution in [0.25, 0.3) is 5.78 Å². The first-order chi connectivity index (χ1) is 14.9. The summed E-state index contributed by atoms with van der Waals surface area (Å²) < 4.78 is 6.26. The van der Waals surface area contributed by atoms with Crippen molar-refractivity contribution >= 4 is 23.6 Å². The van der Waals surface area contributed by atoms with Crippen LogP contribution in [0.4, 0.5) is 0 Å². The Morgan fingerprint density at radius 2 is 1.90 bits per heavy atom. The average Bonchev–Trinajstić information content (AvgIpc) is 3.22. The molecule has 10 heteroatoms. The quantitative estimate of drug-likeness (QED) is 0.599. The van der Waals surface area contributed by atoms with Crippen molar-refractivity contribution < 1.29 is 19.1 Å². The number of fused-ring (bicyclic) bond motifs is 1. The molecule has 1 saturated carbocycles. The molecule has 0 aromatic carbocycles. The van der Waals surface area contributed by atoms with Gasteiger partial charge in [0.2, 0.25) is 11.8 Å². The van der Waals surface area contributed by atoms with Crippen LogP contribution in [0.1, 0.15) is 55.5 Å². The van der Waals surface area contributed by atoms with E-state index in [-0.39, 0.29) is 42.7 Å². The van der Waals surface area contributed by atoms with Gasteiger partial charge in [-0.2, -0.15) is 10.1 Å². The summed E-state index contributed by atoms with van der Waals surface area (Å²) in [5, 5.41) is 10.1. The van der Waals surface area contributed by atoms with Crippen LogP contribution in [-0.4, -0.2) is 57.1 Å². The summed E-state index contributed by atoms with van der Waals surface area (Å²) >= 11 is 0. The number of methoxy groups -OCH3 is 1. The predicted molar refractivity (Wildman–Crippen MR) is 112 cm³/mol. The topological polar surface area (TPSA) is 128 Å². The van der Waals surface area contributed by atoms with Gasteiger partial charge < -0.3 is 15.4 Å². The normalized spacial score (nSPS) is 18.5. The number of esters is 1. The summed E-state index contributed by atoms with van der Waals surface area (Å²) in [4.78, 5) is 44.4.